The number of hydrogen-bond acceptors (Lipinski definition) is 3. The first kappa shape index (κ1) is 17.0. The predicted molar refractivity (Wildman–Crippen MR) is 86.2 cm³/mol. The molecular formula is C17H22N2O4. The highest BCUT2D eigenvalue weighted by molar-refractivity contribution is 5.96. The number of carboxylic acid groups (broad SMARTS) is 1. The summed E-state index contributed by atoms with van der Waals surface area (Å²) < 4.78 is 0. The van der Waals surface area contributed by atoms with Crippen molar-refractivity contribution >= 4 is 23.5 Å². The summed E-state index contributed by atoms with van der Waals surface area (Å²) in [5.74, 6) is -0.436. The summed E-state index contributed by atoms with van der Waals surface area (Å²) in [5, 5.41) is 11.5. The van der Waals surface area contributed by atoms with Crippen LogP contribution in [0.25, 0.3) is 0 Å². The van der Waals surface area contributed by atoms with E-state index in [0.29, 0.717) is 30.1 Å². The van der Waals surface area contributed by atoms with E-state index in [-0.39, 0.29) is 24.2 Å². The van der Waals surface area contributed by atoms with Crippen LogP contribution < -0.4 is 5.32 Å². The van der Waals surface area contributed by atoms with Crippen molar-refractivity contribution in [2.24, 2.45) is 11.8 Å². The molecule has 0 radical (unpaired) electrons. The van der Waals surface area contributed by atoms with Gasteiger partial charge in [-0.25, -0.2) is 0 Å². The first-order valence-corrected chi connectivity index (χ1v) is 7.76. The maximum Gasteiger partial charge on any atom is 0.303 e. The van der Waals surface area contributed by atoms with Crippen LogP contribution in [0.3, 0.4) is 0 Å². The van der Waals surface area contributed by atoms with Crippen molar-refractivity contribution in [1.82, 2.24) is 4.90 Å². The molecular weight excluding hydrogens is 296 g/mol. The smallest absolute Gasteiger partial charge is 0.303 e. The zero-order valence-electron chi connectivity index (χ0n) is 13.4. The molecule has 6 nitrogen and oxygen atoms in total. The van der Waals surface area contributed by atoms with Crippen LogP contribution in [0, 0.1) is 11.8 Å². The van der Waals surface area contributed by atoms with Crippen molar-refractivity contribution in [3.05, 3.63) is 29.8 Å². The van der Waals surface area contributed by atoms with Gasteiger partial charge in [0.25, 0.3) is 5.91 Å². The zero-order valence-corrected chi connectivity index (χ0v) is 13.4. The third-order valence-electron chi connectivity index (χ3n) is 4.08. The molecule has 0 aliphatic heterocycles. The monoisotopic (exact) mass is 318 g/mol. The number of hydrogen-bond donors (Lipinski definition) is 2. The minimum Gasteiger partial charge on any atom is -0.481 e. The molecule has 0 spiro atoms. The molecule has 1 aliphatic carbocycles. The molecule has 1 aromatic rings. The van der Waals surface area contributed by atoms with E-state index in [4.69, 9.17) is 5.11 Å². The van der Waals surface area contributed by atoms with Gasteiger partial charge in [-0.15, -0.1) is 0 Å². The molecule has 2 amide bonds. The molecule has 23 heavy (non-hydrogen) atoms. The molecule has 124 valence electrons. The van der Waals surface area contributed by atoms with Gasteiger partial charge in [0.05, 0.1) is 0 Å². The Morgan fingerprint density at radius 3 is 2.39 bits per heavy atom. The third kappa shape index (κ3) is 4.81. The quantitative estimate of drug-likeness (QED) is 0.807. The molecule has 1 saturated carbocycles. The van der Waals surface area contributed by atoms with Crippen molar-refractivity contribution in [3.8, 4) is 0 Å². The van der Waals surface area contributed by atoms with E-state index in [1.807, 2.05) is 6.92 Å². The number of aliphatic carboxylic acids is 1. The number of nitrogens with one attached hydrogen (secondary N) is 1. The minimum absolute atomic E-state index is 0.0300. The number of carbonyl (C=O) groups is 3. The Kier molecular flexibility index (Phi) is 5.36. The van der Waals surface area contributed by atoms with Gasteiger partial charge in [0.2, 0.25) is 5.91 Å². The second-order valence-corrected chi connectivity index (χ2v) is 6.11. The lowest BCUT2D eigenvalue weighted by atomic mass is 10.1. The molecule has 6 heteroatoms. The van der Waals surface area contributed by atoms with E-state index in [1.165, 1.54) is 4.90 Å². The molecule has 1 aliphatic rings. The standard InChI is InChI=1S/C17H22N2O4/c1-11-10-14(11)16(22)18-13-7-5-12(6-8-13)17(23)19(2)9-3-4-15(20)21/h5-8,11,14H,3-4,9-10H2,1-2H3,(H,18,22)(H,20,21). The molecule has 0 saturated heterocycles. The summed E-state index contributed by atoms with van der Waals surface area (Å²) in [7, 11) is 1.65. The molecule has 1 aromatic carbocycles. The first-order chi connectivity index (χ1) is 10.9. The first-order valence-electron chi connectivity index (χ1n) is 7.76. The van der Waals surface area contributed by atoms with Crippen molar-refractivity contribution < 1.29 is 19.5 Å². The summed E-state index contributed by atoms with van der Waals surface area (Å²) in [4.78, 5) is 36.0. The van der Waals surface area contributed by atoms with Crippen molar-refractivity contribution in [2.45, 2.75) is 26.2 Å². The number of rotatable bonds is 7. The van der Waals surface area contributed by atoms with Crippen LogP contribution >= 0.6 is 0 Å². The maximum atomic E-state index is 12.2. The number of carbonyl (C=O) groups excluding carboxylic acids is 2. The minimum atomic E-state index is -0.865. The van der Waals surface area contributed by atoms with Crippen LogP contribution in [0.1, 0.15) is 36.5 Å². The van der Waals surface area contributed by atoms with Gasteiger partial charge >= 0.3 is 5.97 Å². The molecule has 0 aromatic heterocycles. The Morgan fingerprint density at radius 1 is 1.26 bits per heavy atom. The average Bonchev–Trinajstić information content (AvgIpc) is 3.24. The van der Waals surface area contributed by atoms with Crippen LogP contribution in [0.2, 0.25) is 0 Å². The number of carboxylic acids is 1. The van der Waals surface area contributed by atoms with Gasteiger partial charge in [0, 0.05) is 37.2 Å². The highest BCUT2D eigenvalue weighted by Gasteiger charge is 2.39. The summed E-state index contributed by atoms with van der Waals surface area (Å²) in [6.45, 7) is 2.44. The van der Waals surface area contributed by atoms with Gasteiger partial charge in [-0.2, -0.15) is 0 Å². The summed E-state index contributed by atoms with van der Waals surface area (Å²) in [6, 6.07) is 6.76. The SMILES string of the molecule is CC1CC1C(=O)Nc1ccc(C(=O)N(C)CCCC(=O)O)cc1. The van der Waals surface area contributed by atoms with Crippen LogP contribution in [-0.2, 0) is 9.59 Å². The van der Waals surface area contributed by atoms with Gasteiger partial charge < -0.3 is 15.3 Å². The summed E-state index contributed by atoms with van der Waals surface area (Å²) >= 11 is 0. The molecule has 2 unspecified atom stereocenters. The molecule has 2 atom stereocenters. The normalized spacial score (nSPS) is 19.0. The Bertz CT molecular complexity index is 597. The summed E-state index contributed by atoms with van der Waals surface area (Å²) in [5.41, 5.74) is 1.19. The van der Waals surface area contributed by atoms with Gasteiger partial charge in [0.1, 0.15) is 0 Å². The summed E-state index contributed by atoms with van der Waals surface area (Å²) in [6.07, 6.45) is 1.40. The van der Waals surface area contributed by atoms with Gasteiger partial charge in [-0.1, -0.05) is 6.92 Å². The van der Waals surface area contributed by atoms with Crippen LogP contribution in [0.4, 0.5) is 5.69 Å². The van der Waals surface area contributed by atoms with Crippen molar-refractivity contribution in [2.75, 3.05) is 18.9 Å². The Labute approximate surface area is 135 Å². The Morgan fingerprint density at radius 2 is 1.87 bits per heavy atom. The molecule has 2 rings (SSSR count). The lowest BCUT2D eigenvalue weighted by Crippen LogP contribution is -2.28. The topological polar surface area (TPSA) is 86.7 Å². The van der Waals surface area contributed by atoms with E-state index < -0.39 is 5.97 Å². The maximum absolute atomic E-state index is 12.2. The molecule has 0 bridgehead atoms. The van der Waals surface area contributed by atoms with Crippen LogP contribution in [0.5, 0.6) is 0 Å². The molecule has 2 N–H and O–H groups in total. The molecule has 1 fully saturated rings. The number of amides is 2. The Balaban J connectivity index is 1.86. The van der Waals surface area contributed by atoms with Crippen LogP contribution in [-0.4, -0.2) is 41.4 Å². The third-order valence-corrected chi connectivity index (χ3v) is 4.08. The number of nitrogens with zero attached hydrogens (tertiary/aromatic N) is 1. The van der Waals surface area contributed by atoms with Gasteiger partial charge in [-0.3, -0.25) is 14.4 Å². The van der Waals surface area contributed by atoms with Gasteiger partial charge in [0.15, 0.2) is 0 Å². The fourth-order valence-corrected chi connectivity index (χ4v) is 2.41. The van der Waals surface area contributed by atoms with E-state index in [1.54, 1.807) is 31.3 Å². The van der Waals surface area contributed by atoms with E-state index in [9.17, 15) is 14.4 Å². The second-order valence-electron chi connectivity index (χ2n) is 6.11. The fraction of sp³-hybridized carbons (Fsp3) is 0.471. The molecule has 0 heterocycles. The van der Waals surface area contributed by atoms with E-state index in [0.717, 1.165) is 6.42 Å². The van der Waals surface area contributed by atoms with Crippen LogP contribution in [0.15, 0.2) is 24.3 Å². The second kappa shape index (κ2) is 7.26. The highest BCUT2D eigenvalue weighted by Crippen LogP contribution is 2.38. The highest BCUT2D eigenvalue weighted by atomic mass is 16.4. The van der Waals surface area contributed by atoms with Gasteiger partial charge in [-0.05, 0) is 43.0 Å². The van der Waals surface area contributed by atoms with E-state index >= 15 is 0 Å². The largest absolute Gasteiger partial charge is 0.481 e. The van der Waals surface area contributed by atoms with Crippen molar-refractivity contribution in [1.29, 1.82) is 0 Å². The lowest BCUT2D eigenvalue weighted by molar-refractivity contribution is -0.137. The zero-order chi connectivity index (χ0) is 17.0. The number of anilines is 1. The van der Waals surface area contributed by atoms with Crippen molar-refractivity contribution in [3.63, 3.8) is 0 Å². The fourth-order valence-electron chi connectivity index (χ4n) is 2.41. The number of benzene rings is 1. The lowest BCUT2D eigenvalue weighted by Gasteiger charge is -2.17. The average molecular weight is 318 g/mol. The van der Waals surface area contributed by atoms with E-state index in [2.05, 4.69) is 5.32 Å². The Hall–Kier alpha value is -2.37. The predicted octanol–water partition coefficient (Wildman–Crippen LogP) is 2.22.